The lowest BCUT2D eigenvalue weighted by atomic mass is 10.0. The van der Waals surface area contributed by atoms with Gasteiger partial charge in [-0.25, -0.2) is 0 Å². The minimum absolute atomic E-state index is 0.152. The van der Waals surface area contributed by atoms with Gasteiger partial charge in [0, 0.05) is 11.6 Å². The van der Waals surface area contributed by atoms with E-state index in [2.05, 4.69) is 33.8 Å². The van der Waals surface area contributed by atoms with Crippen LogP contribution in [0.1, 0.15) is 110 Å². The van der Waals surface area contributed by atoms with Crippen molar-refractivity contribution in [3.8, 4) is 0 Å². The van der Waals surface area contributed by atoms with E-state index in [4.69, 9.17) is 10.2 Å². The lowest BCUT2D eigenvalue weighted by Crippen LogP contribution is -2.44. The summed E-state index contributed by atoms with van der Waals surface area (Å²) in [6.45, 7) is 9.26. The molecule has 1 aromatic rings. The zero-order valence-electron chi connectivity index (χ0n) is 18.1. The summed E-state index contributed by atoms with van der Waals surface area (Å²) < 4.78 is 6.01. The number of nitrogens with two attached hydrogens (primary N) is 1. The van der Waals surface area contributed by atoms with Crippen LogP contribution in [0.3, 0.4) is 0 Å². The second kappa shape index (κ2) is 13.6. The largest absolute Gasteiger partial charge is 0.474 e. The fourth-order valence-corrected chi connectivity index (χ4v) is 7.44. The van der Waals surface area contributed by atoms with Crippen LogP contribution < -0.4 is 11.1 Å². The zero-order valence-corrected chi connectivity index (χ0v) is 19.1. The molecule has 0 spiro atoms. The number of hydrogen-bond acceptors (Lipinski definition) is 2. The van der Waals surface area contributed by atoms with E-state index in [1.807, 2.05) is 6.26 Å². The van der Waals surface area contributed by atoms with Gasteiger partial charge in [0.2, 0.25) is 0 Å². The molecule has 1 heterocycles. The predicted molar refractivity (Wildman–Crippen MR) is 119 cm³/mol. The van der Waals surface area contributed by atoms with E-state index in [-0.39, 0.29) is 6.04 Å². The first kappa shape index (κ1) is 23.5. The van der Waals surface area contributed by atoms with E-state index in [1.165, 1.54) is 93.3 Å². The van der Waals surface area contributed by atoms with Crippen molar-refractivity contribution >= 4 is 13.5 Å². The Bertz CT molecular complexity index is 445. The van der Waals surface area contributed by atoms with Crippen LogP contribution in [0.4, 0.5) is 0 Å². The summed E-state index contributed by atoms with van der Waals surface area (Å²) in [4.78, 5) is 0. The smallest absolute Gasteiger partial charge is 0.131 e. The highest BCUT2D eigenvalue weighted by Gasteiger charge is 2.33. The summed E-state index contributed by atoms with van der Waals surface area (Å²) in [7, 11) is -1.41. The van der Waals surface area contributed by atoms with Gasteiger partial charge < -0.3 is 10.2 Å². The Kier molecular flexibility index (Phi) is 12.3. The van der Waals surface area contributed by atoms with Gasteiger partial charge in [0.15, 0.2) is 0 Å². The maximum atomic E-state index is 6.44. The quantitative estimate of drug-likeness (QED) is 0.241. The summed E-state index contributed by atoms with van der Waals surface area (Å²) in [5, 5.41) is 1.28. The highest BCUT2D eigenvalue weighted by molar-refractivity contribution is 6.90. The van der Waals surface area contributed by atoms with E-state index in [9.17, 15) is 0 Å². The summed E-state index contributed by atoms with van der Waals surface area (Å²) >= 11 is 0. The Labute approximate surface area is 164 Å². The molecular formula is C23H45NOSi. The number of furan rings is 1. The van der Waals surface area contributed by atoms with Gasteiger partial charge in [-0.1, -0.05) is 110 Å². The third-order valence-electron chi connectivity index (χ3n) is 6.47. The van der Waals surface area contributed by atoms with Crippen LogP contribution >= 0.6 is 0 Å². The molecule has 1 rings (SSSR count). The number of unbranched alkanes of at least 4 members (excludes halogenated alkanes) is 9. The van der Waals surface area contributed by atoms with Crippen LogP contribution in [0.5, 0.6) is 0 Å². The summed E-state index contributed by atoms with van der Waals surface area (Å²) in [5.74, 6) is 0. The molecule has 0 radical (unpaired) electrons. The Hall–Kier alpha value is -0.543. The Morgan fingerprint density at radius 1 is 0.808 bits per heavy atom. The predicted octanol–water partition coefficient (Wildman–Crippen LogP) is 7.31. The van der Waals surface area contributed by atoms with Gasteiger partial charge in [-0.2, -0.15) is 0 Å². The van der Waals surface area contributed by atoms with Gasteiger partial charge in [-0.05, 0) is 12.5 Å². The van der Waals surface area contributed by atoms with Gasteiger partial charge in [-0.3, -0.25) is 0 Å². The lowest BCUT2D eigenvalue weighted by molar-refractivity contribution is 0.524. The first-order valence-corrected chi connectivity index (χ1v) is 14.1. The van der Waals surface area contributed by atoms with Gasteiger partial charge in [0.1, 0.15) is 8.07 Å². The van der Waals surface area contributed by atoms with Crippen molar-refractivity contribution in [1.82, 2.24) is 0 Å². The van der Waals surface area contributed by atoms with Crippen LogP contribution in [-0.2, 0) is 0 Å². The molecule has 152 valence electrons. The molecule has 26 heavy (non-hydrogen) atoms. The Morgan fingerprint density at radius 3 is 1.81 bits per heavy atom. The first-order chi connectivity index (χ1) is 12.6. The maximum absolute atomic E-state index is 6.44. The molecule has 0 aliphatic rings. The van der Waals surface area contributed by atoms with Crippen molar-refractivity contribution in [2.45, 2.75) is 122 Å². The molecule has 2 N–H and O–H groups in total. The molecule has 1 atom stereocenters. The molecule has 0 bridgehead atoms. The van der Waals surface area contributed by atoms with Crippen LogP contribution in [0, 0.1) is 0 Å². The van der Waals surface area contributed by atoms with E-state index in [1.54, 1.807) is 0 Å². The molecule has 0 amide bonds. The highest BCUT2D eigenvalue weighted by atomic mass is 28.3. The molecule has 2 nitrogen and oxygen atoms in total. The van der Waals surface area contributed by atoms with Gasteiger partial charge in [0.25, 0.3) is 0 Å². The highest BCUT2D eigenvalue weighted by Crippen LogP contribution is 2.24. The van der Waals surface area contributed by atoms with Crippen molar-refractivity contribution in [3.63, 3.8) is 0 Å². The molecule has 1 unspecified atom stereocenters. The molecule has 0 aliphatic heterocycles. The zero-order chi connectivity index (χ0) is 19.3. The van der Waals surface area contributed by atoms with E-state index < -0.39 is 8.07 Å². The molecule has 0 aromatic carbocycles. The summed E-state index contributed by atoms with van der Waals surface area (Å²) in [6, 6.07) is 6.24. The summed E-state index contributed by atoms with van der Waals surface area (Å²) in [5.41, 5.74) is 7.67. The fraction of sp³-hybridized carbons (Fsp3) is 0.826. The van der Waals surface area contributed by atoms with E-state index in [0.717, 1.165) is 6.42 Å². The van der Waals surface area contributed by atoms with E-state index in [0.29, 0.717) is 0 Å². The maximum Gasteiger partial charge on any atom is 0.131 e. The van der Waals surface area contributed by atoms with Crippen molar-refractivity contribution in [2.24, 2.45) is 5.73 Å². The molecule has 3 heteroatoms. The third kappa shape index (κ3) is 7.60. The average molecular weight is 380 g/mol. The third-order valence-corrected chi connectivity index (χ3v) is 11.8. The van der Waals surface area contributed by atoms with Crippen molar-refractivity contribution < 1.29 is 4.42 Å². The van der Waals surface area contributed by atoms with Crippen LogP contribution in [0.25, 0.3) is 0 Å². The molecule has 0 saturated heterocycles. The van der Waals surface area contributed by atoms with Crippen molar-refractivity contribution in [2.75, 3.05) is 0 Å². The normalized spacial score (nSPS) is 13.3. The van der Waals surface area contributed by atoms with Crippen molar-refractivity contribution in [3.05, 3.63) is 17.9 Å². The number of hydrogen-bond donors (Lipinski definition) is 1. The monoisotopic (exact) mass is 379 g/mol. The Morgan fingerprint density at radius 2 is 1.31 bits per heavy atom. The number of rotatable bonds is 16. The lowest BCUT2D eigenvalue weighted by Gasteiger charge is -2.24. The molecule has 0 saturated carbocycles. The molecule has 1 aromatic heterocycles. The van der Waals surface area contributed by atoms with Gasteiger partial charge in [-0.15, -0.1) is 0 Å². The summed E-state index contributed by atoms with van der Waals surface area (Å²) in [6.07, 6.45) is 16.8. The van der Waals surface area contributed by atoms with Gasteiger partial charge in [0.05, 0.1) is 11.6 Å². The van der Waals surface area contributed by atoms with Crippen LogP contribution in [0.2, 0.25) is 18.1 Å². The molecule has 0 fully saturated rings. The topological polar surface area (TPSA) is 39.2 Å². The van der Waals surface area contributed by atoms with Crippen molar-refractivity contribution in [1.29, 1.82) is 0 Å². The minimum atomic E-state index is -1.41. The van der Waals surface area contributed by atoms with Gasteiger partial charge >= 0.3 is 0 Å². The average Bonchev–Trinajstić information content (AvgIpc) is 3.16. The second-order valence-corrected chi connectivity index (χ2v) is 13.3. The van der Waals surface area contributed by atoms with E-state index >= 15 is 0 Å². The standard InChI is InChI=1S/C23H45NOSi/c1-5-9-10-11-12-13-14-15-16-17-18-22(24)21-19-23(25-20-21)26(6-2,7-3)8-4/h19-20,22H,5-18,24H2,1-4H3. The Balaban J connectivity index is 2.23. The first-order valence-electron chi connectivity index (χ1n) is 11.5. The van der Waals surface area contributed by atoms with Crippen LogP contribution in [-0.4, -0.2) is 8.07 Å². The fourth-order valence-electron chi connectivity index (χ4n) is 4.11. The SMILES string of the molecule is CCCCCCCCCCCCC(N)c1coc([Si](CC)(CC)CC)c1. The second-order valence-electron chi connectivity index (χ2n) is 8.16. The molecular weight excluding hydrogens is 334 g/mol. The molecule has 0 aliphatic carbocycles. The van der Waals surface area contributed by atoms with Crippen LogP contribution in [0.15, 0.2) is 16.7 Å². The minimum Gasteiger partial charge on any atom is -0.474 e.